The molecule has 0 atom stereocenters. The van der Waals surface area contributed by atoms with Crippen LogP contribution in [-0.4, -0.2) is 110 Å². The maximum atomic E-state index is 13.3. The predicted octanol–water partition coefficient (Wildman–Crippen LogP) is 1.30. The number of likely N-dealkylation sites (tertiary alicyclic amines) is 1. The molecule has 3 rings (SSSR count). The van der Waals surface area contributed by atoms with Crippen molar-refractivity contribution < 1.29 is 14.3 Å². The van der Waals surface area contributed by atoms with Crippen LogP contribution in [0.3, 0.4) is 0 Å². The number of ether oxygens (including phenoxy) is 1. The summed E-state index contributed by atoms with van der Waals surface area (Å²) in [6, 6.07) is 6.52. The van der Waals surface area contributed by atoms with E-state index in [2.05, 4.69) is 22.2 Å². The number of nitrogens with one attached hydrogen (secondary N) is 2. The summed E-state index contributed by atoms with van der Waals surface area (Å²) in [5.41, 5.74) is 14.4. The second kappa shape index (κ2) is 13.6. The van der Waals surface area contributed by atoms with Crippen molar-refractivity contribution in [1.82, 2.24) is 19.7 Å². The Bertz CT molecular complexity index is 1090. The Labute approximate surface area is 224 Å². The third kappa shape index (κ3) is 6.90. The molecule has 1 aromatic rings. The van der Waals surface area contributed by atoms with Crippen molar-refractivity contribution in [3.63, 3.8) is 0 Å². The average Bonchev–Trinajstić information content (AvgIpc) is 3.36. The highest BCUT2D eigenvalue weighted by atomic mass is 16.5. The molecule has 0 spiro atoms. The van der Waals surface area contributed by atoms with Crippen LogP contribution >= 0.6 is 0 Å². The standard InChI is InChI=1S/C26H39N9O3/c1-4-33-11-13-34(14-12-33)25(36)19-5-7-21(8-6-19)30-26(37)35-10-9-22(23(29)20(17-27)18-28)24(35)31-32(2)15-16-38-3/h5-8,17-18,27H,4,9-16,28-29H2,1-3H3,(H,30,37)/b20-18+,23-22?,27-17?,31-24?. The molecule has 206 valence electrons. The number of hydrogen-bond donors (Lipinski definition) is 4. The van der Waals surface area contributed by atoms with E-state index in [1.807, 2.05) is 4.90 Å². The number of allylic oxidation sites excluding steroid dienone is 1. The number of urea groups is 1. The fourth-order valence-electron chi connectivity index (χ4n) is 4.33. The van der Waals surface area contributed by atoms with Crippen LogP contribution in [0.1, 0.15) is 23.7 Å². The number of hydrazone groups is 1. The van der Waals surface area contributed by atoms with E-state index in [1.54, 1.807) is 43.4 Å². The number of nitrogens with two attached hydrogens (primary N) is 2. The summed E-state index contributed by atoms with van der Waals surface area (Å²) in [5, 5.41) is 16.8. The first-order valence-electron chi connectivity index (χ1n) is 12.7. The summed E-state index contributed by atoms with van der Waals surface area (Å²) >= 11 is 0. The number of hydrogen-bond acceptors (Lipinski definition) is 9. The van der Waals surface area contributed by atoms with Gasteiger partial charge >= 0.3 is 6.03 Å². The number of likely N-dealkylation sites (N-methyl/N-ethyl adjacent to an activating group) is 2. The molecule has 2 aliphatic rings. The van der Waals surface area contributed by atoms with Crippen molar-refractivity contribution in [1.29, 1.82) is 5.41 Å². The average molecular weight is 526 g/mol. The number of nitrogens with zero attached hydrogens (tertiary/aromatic N) is 5. The number of piperazine rings is 1. The van der Waals surface area contributed by atoms with Crippen molar-refractivity contribution in [3.05, 3.63) is 52.9 Å². The zero-order chi connectivity index (χ0) is 27.7. The molecular weight excluding hydrogens is 486 g/mol. The third-order valence-corrected chi connectivity index (χ3v) is 6.70. The Balaban J connectivity index is 1.75. The summed E-state index contributed by atoms with van der Waals surface area (Å²) in [5.74, 6) is 0.379. The first kappa shape index (κ1) is 28.7. The van der Waals surface area contributed by atoms with Crippen LogP contribution in [0.2, 0.25) is 0 Å². The second-order valence-electron chi connectivity index (χ2n) is 9.09. The molecule has 0 radical (unpaired) electrons. The molecular formula is C26H39N9O3. The zero-order valence-corrected chi connectivity index (χ0v) is 22.4. The quantitative estimate of drug-likeness (QED) is 0.280. The molecule has 38 heavy (non-hydrogen) atoms. The van der Waals surface area contributed by atoms with Gasteiger partial charge in [-0.1, -0.05) is 6.92 Å². The second-order valence-corrected chi connectivity index (χ2v) is 9.09. The Morgan fingerprint density at radius 1 is 1.18 bits per heavy atom. The molecule has 2 heterocycles. The van der Waals surface area contributed by atoms with E-state index >= 15 is 0 Å². The summed E-state index contributed by atoms with van der Waals surface area (Å²) in [6.45, 7) is 7.60. The van der Waals surface area contributed by atoms with E-state index < -0.39 is 0 Å². The lowest BCUT2D eigenvalue weighted by Crippen LogP contribution is -2.48. The number of carbonyl (C=O) groups is 2. The van der Waals surface area contributed by atoms with E-state index in [0.29, 0.717) is 73.1 Å². The van der Waals surface area contributed by atoms with Crippen LogP contribution < -0.4 is 16.8 Å². The number of rotatable bonds is 9. The summed E-state index contributed by atoms with van der Waals surface area (Å²) in [4.78, 5) is 31.9. The minimum atomic E-state index is -0.380. The maximum absolute atomic E-state index is 13.3. The summed E-state index contributed by atoms with van der Waals surface area (Å²) in [7, 11) is 3.38. The van der Waals surface area contributed by atoms with Crippen molar-refractivity contribution in [2.45, 2.75) is 13.3 Å². The molecule has 0 aromatic heterocycles. The molecule has 12 nitrogen and oxygen atoms in total. The first-order chi connectivity index (χ1) is 18.3. The van der Waals surface area contributed by atoms with Crippen LogP contribution in [0.15, 0.2) is 52.4 Å². The fraction of sp³-hybridized carbons (Fsp3) is 0.462. The lowest BCUT2D eigenvalue weighted by molar-refractivity contribution is 0.0643. The van der Waals surface area contributed by atoms with Gasteiger partial charge in [0.2, 0.25) is 0 Å². The molecule has 2 fully saturated rings. The Morgan fingerprint density at radius 3 is 2.45 bits per heavy atom. The molecule has 2 saturated heterocycles. The summed E-state index contributed by atoms with van der Waals surface area (Å²) < 4.78 is 5.13. The van der Waals surface area contributed by atoms with Crippen LogP contribution in [0.5, 0.6) is 0 Å². The van der Waals surface area contributed by atoms with Crippen LogP contribution in [0.4, 0.5) is 10.5 Å². The fourth-order valence-corrected chi connectivity index (χ4v) is 4.33. The molecule has 0 saturated carbocycles. The Morgan fingerprint density at radius 2 is 1.87 bits per heavy atom. The molecule has 12 heteroatoms. The molecule has 0 unspecified atom stereocenters. The number of carbonyl (C=O) groups excluding carboxylic acids is 2. The topological polar surface area (TPSA) is 157 Å². The largest absolute Gasteiger partial charge is 0.404 e. The van der Waals surface area contributed by atoms with Crippen LogP contribution in [0, 0.1) is 5.41 Å². The van der Waals surface area contributed by atoms with E-state index in [0.717, 1.165) is 25.8 Å². The maximum Gasteiger partial charge on any atom is 0.327 e. The van der Waals surface area contributed by atoms with Gasteiger partial charge in [0, 0.05) is 87.4 Å². The van der Waals surface area contributed by atoms with Crippen molar-refractivity contribution >= 4 is 29.7 Å². The van der Waals surface area contributed by atoms with Crippen molar-refractivity contribution in [3.8, 4) is 0 Å². The number of amidine groups is 1. The highest BCUT2D eigenvalue weighted by molar-refractivity contribution is 6.13. The van der Waals surface area contributed by atoms with Gasteiger partial charge in [-0.05, 0) is 37.2 Å². The normalized spacial score (nSPS) is 19.0. The van der Waals surface area contributed by atoms with Gasteiger partial charge in [-0.25, -0.2) is 4.79 Å². The minimum Gasteiger partial charge on any atom is -0.404 e. The number of methoxy groups -OCH3 is 1. The lowest BCUT2D eigenvalue weighted by atomic mass is 10.1. The molecule has 0 aliphatic carbocycles. The summed E-state index contributed by atoms with van der Waals surface area (Å²) in [6.07, 6.45) is 2.79. The van der Waals surface area contributed by atoms with E-state index in [9.17, 15) is 9.59 Å². The van der Waals surface area contributed by atoms with Gasteiger partial charge in [-0.15, -0.1) is 0 Å². The van der Waals surface area contributed by atoms with Gasteiger partial charge in [0.15, 0.2) is 5.84 Å². The molecule has 3 amide bonds. The molecule has 0 bridgehead atoms. The van der Waals surface area contributed by atoms with Gasteiger partial charge in [0.25, 0.3) is 5.91 Å². The van der Waals surface area contributed by atoms with Gasteiger partial charge in [-0.2, -0.15) is 5.10 Å². The third-order valence-electron chi connectivity index (χ3n) is 6.70. The van der Waals surface area contributed by atoms with E-state index in [-0.39, 0.29) is 11.9 Å². The molecule has 6 N–H and O–H groups in total. The van der Waals surface area contributed by atoms with Crippen molar-refractivity contribution in [2.75, 3.05) is 71.9 Å². The number of amides is 3. The molecule has 1 aromatic carbocycles. The monoisotopic (exact) mass is 525 g/mol. The van der Waals surface area contributed by atoms with Crippen LogP contribution in [-0.2, 0) is 4.74 Å². The van der Waals surface area contributed by atoms with Gasteiger partial charge < -0.3 is 36.7 Å². The number of benzene rings is 1. The predicted molar refractivity (Wildman–Crippen MR) is 149 cm³/mol. The first-order valence-corrected chi connectivity index (χ1v) is 12.7. The van der Waals surface area contributed by atoms with E-state index in [1.165, 1.54) is 11.1 Å². The van der Waals surface area contributed by atoms with E-state index in [4.69, 9.17) is 21.6 Å². The zero-order valence-electron chi connectivity index (χ0n) is 22.4. The van der Waals surface area contributed by atoms with Gasteiger partial charge in [-0.3, -0.25) is 14.7 Å². The van der Waals surface area contributed by atoms with Crippen molar-refractivity contribution in [2.24, 2.45) is 16.6 Å². The number of anilines is 1. The minimum absolute atomic E-state index is 0.00750. The van der Waals surface area contributed by atoms with Gasteiger partial charge in [0.1, 0.15) is 0 Å². The highest BCUT2D eigenvalue weighted by Gasteiger charge is 2.32. The lowest BCUT2D eigenvalue weighted by Gasteiger charge is -2.34. The highest BCUT2D eigenvalue weighted by Crippen LogP contribution is 2.25. The van der Waals surface area contributed by atoms with Gasteiger partial charge in [0.05, 0.1) is 13.2 Å². The molecule has 2 aliphatic heterocycles. The Kier molecular flexibility index (Phi) is 10.3. The van der Waals surface area contributed by atoms with Crippen LogP contribution in [0.25, 0.3) is 0 Å². The SMILES string of the molecule is CCN1CCN(C(=O)c2ccc(NC(=O)N3CCC(=C(N)/C(C=N)=C/N)C3=NN(C)CCOC)cc2)CC1. The Hall–Kier alpha value is -3.90. The smallest absolute Gasteiger partial charge is 0.327 e.